The first-order valence-electron chi connectivity index (χ1n) is 7.23. The summed E-state index contributed by atoms with van der Waals surface area (Å²) in [5, 5.41) is 10.9. The van der Waals surface area contributed by atoms with Crippen LogP contribution in [-0.4, -0.2) is 19.4 Å². The predicted octanol–water partition coefficient (Wildman–Crippen LogP) is 3.49. The molecule has 0 amide bonds. The van der Waals surface area contributed by atoms with Gasteiger partial charge in [-0.15, -0.1) is 0 Å². The van der Waals surface area contributed by atoms with Crippen molar-refractivity contribution in [3.05, 3.63) is 58.1 Å². The Morgan fingerprint density at radius 3 is 2.29 bits per heavy atom. The number of aryl methyl sites for hydroxylation is 1. The second kappa shape index (κ2) is 6.88. The third-order valence-electron chi connectivity index (χ3n) is 3.15. The number of hydrogen-bond acceptors (Lipinski definition) is 5. The minimum absolute atomic E-state index is 0.0139. The maximum absolute atomic E-state index is 12.5. The van der Waals surface area contributed by atoms with E-state index in [4.69, 9.17) is 4.74 Å². The van der Waals surface area contributed by atoms with Gasteiger partial charge < -0.3 is 4.74 Å². The first kappa shape index (κ1) is 17.7. The molecule has 1 N–H and O–H groups in total. The zero-order valence-corrected chi connectivity index (χ0v) is 14.3. The zero-order chi connectivity index (χ0) is 17.9. The average Bonchev–Trinajstić information content (AvgIpc) is 2.48. The van der Waals surface area contributed by atoms with E-state index in [0.29, 0.717) is 17.0 Å². The van der Waals surface area contributed by atoms with Crippen LogP contribution >= 0.6 is 0 Å². The van der Waals surface area contributed by atoms with E-state index >= 15 is 0 Å². The van der Waals surface area contributed by atoms with E-state index in [1.807, 2.05) is 13.8 Å². The molecule has 0 aliphatic carbocycles. The maximum atomic E-state index is 12.5. The third-order valence-corrected chi connectivity index (χ3v) is 4.67. The largest absolute Gasteiger partial charge is 0.491 e. The molecule has 2 aromatic rings. The van der Waals surface area contributed by atoms with Gasteiger partial charge in [0.25, 0.3) is 15.7 Å². The van der Waals surface area contributed by atoms with Crippen molar-refractivity contribution in [3.63, 3.8) is 0 Å². The molecule has 0 spiro atoms. The molecule has 2 aromatic carbocycles. The van der Waals surface area contributed by atoms with Crippen LogP contribution in [0.1, 0.15) is 19.4 Å². The first-order chi connectivity index (χ1) is 11.2. The highest BCUT2D eigenvalue weighted by atomic mass is 32.2. The molecule has 7 nitrogen and oxygen atoms in total. The second-order valence-electron chi connectivity index (χ2n) is 5.50. The van der Waals surface area contributed by atoms with Crippen LogP contribution in [-0.2, 0) is 10.0 Å². The highest BCUT2D eigenvalue weighted by Crippen LogP contribution is 2.25. The highest BCUT2D eigenvalue weighted by Gasteiger charge is 2.20. The van der Waals surface area contributed by atoms with Crippen molar-refractivity contribution in [2.75, 3.05) is 4.72 Å². The van der Waals surface area contributed by atoms with Crippen LogP contribution in [0.3, 0.4) is 0 Å². The SMILES string of the molecule is Cc1ccc([N+](=O)[O-])cc1S(=O)(=O)Nc1ccc(OC(C)C)cc1. The Balaban J connectivity index is 2.28. The molecule has 128 valence electrons. The molecule has 0 atom stereocenters. The Bertz CT molecular complexity index is 845. The number of ether oxygens (including phenoxy) is 1. The van der Waals surface area contributed by atoms with Gasteiger partial charge in [-0.3, -0.25) is 14.8 Å². The fraction of sp³-hybridized carbons (Fsp3) is 0.250. The molecular formula is C16H18N2O5S. The van der Waals surface area contributed by atoms with Gasteiger partial charge in [0, 0.05) is 17.8 Å². The molecule has 0 aliphatic heterocycles. The molecule has 0 fully saturated rings. The zero-order valence-electron chi connectivity index (χ0n) is 13.5. The molecule has 24 heavy (non-hydrogen) atoms. The van der Waals surface area contributed by atoms with Crippen molar-refractivity contribution < 1.29 is 18.1 Å². The number of hydrogen-bond donors (Lipinski definition) is 1. The maximum Gasteiger partial charge on any atom is 0.270 e. The number of nitro groups is 1. The molecule has 0 bridgehead atoms. The summed E-state index contributed by atoms with van der Waals surface area (Å²) in [6.07, 6.45) is 0.0139. The Labute approximate surface area is 140 Å². The molecule has 0 saturated heterocycles. The third kappa shape index (κ3) is 4.23. The minimum Gasteiger partial charge on any atom is -0.491 e. The summed E-state index contributed by atoms with van der Waals surface area (Å²) in [5.41, 5.74) is 0.492. The van der Waals surface area contributed by atoms with E-state index in [9.17, 15) is 18.5 Å². The number of benzene rings is 2. The quantitative estimate of drug-likeness (QED) is 0.635. The van der Waals surface area contributed by atoms with Gasteiger partial charge in [-0.2, -0.15) is 0 Å². The van der Waals surface area contributed by atoms with Crippen LogP contribution in [0.4, 0.5) is 11.4 Å². The lowest BCUT2D eigenvalue weighted by Gasteiger charge is -2.12. The van der Waals surface area contributed by atoms with Crippen LogP contribution in [0, 0.1) is 17.0 Å². The van der Waals surface area contributed by atoms with Gasteiger partial charge in [0.05, 0.1) is 15.9 Å². The molecule has 0 radical (unpaired) electrons. The summed E-state index contributed by atoms with van der Waals surface area (Å²) in [4.78, 5) is 10.1. The molecule has 0 aliphatic rings. The number of non-ortho nitro benzene ring substituents is 1. The first-order valence-corrected chi connectivity index (χ1v) is 8.72. The normalized spacial score (nSPS) is 11.3. The summed E-state index contributed by atoms with van der Waals surface area (Å²) in [7, 11) is -3.93. The van der Waals surface area contributed by atoms with Gasteiger partial charge in [-0.25, -0.2) is 8.42 Å². The summed E-state index contributed by atoms with van der Waals surface area (Å²) >= 11 is 0. The fourth-order valence-corrected chi connectivity index (χ4v) is 3.40. The average molecular weight is 350 g/mol. The molecule has 0 saturated carbocycles. The molecular weight excluding hydrogens is 332 g/mol. The molecule has 0 unspecified atom stereocenters. The monoisotopic (exact) mass is 350 g/mol. The smallest absolute Gasteiger partial charge is 0.270 e. The predicted molar refractivity (Wildman–Crippen MR) is 90.8 cm³/mol. The number of rotatable bonds is 6. The van der Waals surface area contributed by atoms with Crippen LogP contribution in [0.2, 0.25) is 0 Å². The molecule has 2 rings (SSSR count). The standard InChI is InChI=1S/C16H18N2O5S/c1-11(2)23-15-8-5-13(6-9-15)17-24(21,22)16-10-14(18(19)20)7-4-12(16)3/h4-11,17H,1-3H3. The minimum atomic E-state index is -3.93. The topological polar surface area (TPSA) is 98.5 Å². The van der Waals surface area contributed by atoms with E-state index in [1.165, 1.54) is 12.1 Å². The summed E-state index contributed by atoms with van der Waals surface area (Å²) in [6, 6.07) is 10.2. The number of nitrogens with one attached hydrogen (secondary N) is 1. The second-order valence-corrected chi connectivity index (χ2v) is 7.15. The summed E-state index contributed by atoms with van der Waals surface area (Å²) in [5.74, 6) is 0.625. The number of nitro benzene ring substituents is 1. The Morgan fingerprint density at radius 2 is 1.75 bits per heavy atom. The van der Waals surface area contributed by atoms with Crippen molar-refractivity contribution in [3.8, 4) is 5.75 Å². The van der Waals surface area contributed by atoms with Gasteiger partial charge >= 0.3 is 0 Å². The van der Waals surface area contributed by atoms with Crippen molar-refractivity contribution in [1.29, 1.82) is 0 Å². The van der Waals surface area contributed by atoms with Crippen LogP contribution in [0.15, 0.2) is 47.4 Å². The fourth-order valence-electron chi connectivity index (χ4n) is 2.08. The number of anilines is 1. The van der Waals surface area contributed by atoms with Gasteiger partial charge in [0.2, 0.25) is 0 Å². The molecule has 0 heterocycles. The summed E-state index contributed by atoms with van der Waals surface area (Å²) < 4.78 is 32.9. The lowest BCUT2D eigenvalue weighted by Crippen LogP contribution is -2.14. The Hall–Kier alpha value is -2.61. The lowest BCUT2D eigenvalue weighted by molar-refractivity contribution is -0.385. The van der Waals surface area contributed by atoms with Crippen LogP contribution in [0.5, 0.6) is 5.75 Å². The van der Waals surface area contributed by atoms with Crippen LogP contribution in [0.25, 0.3) is 0 Å². The van der Waals surface area contributed by atoms with Crippen molar-refractivity contribution in [2.24, 2.45) is 0 Å². The highest BCUT2D eigenvalue weighted by molar-refractivity contribution is 7.92. The van der Waals surface area contributed by atoms with E-state index in [0.717, 1.165) is 6.07 Å². The van der Waals surface area contributed by atoms with E-state index in [-0.39, 0.29) is 16.7 Å². The lowest BCUT2D eigenvalue weighted by atomic mass is 10.2. The van der Waals surface area contributed by atoms with Gasteiger partial charge in [0.15, 0.2) is 0 Å². The van der Waals surface area contributed by atoms with Gasteiger partial charge in [0.1, 0.15) is 5.75 Å². The Kier molecular flexibility index (Phi) is 5.08. The summed E-state index contributed by atoms with van der Waals surface area (Å²) in [6.45, 7) is 5.36. The van der Waals surface area contributed by atoms with Gasteiger partial charge in [-0.05, 0) is 50.6 Å². The van der Waals surface area contributed by atoms with E-state index < -0.39 is 14.9 Å². The van der Waals surface area contributed by atoms with Gasteiger partial charge in [-0.1, -0.05) is 6.07 Å². The molecule has 0 aromatic heterocycles. The van der Waals surface area contributed by atoms with E-state index in [1.54, 1.807) is 31.2 Å². The Morgan fingerprint density at radius 1 is 1.12 bits per heavy atom. The van der Waals surface area contributed by atoms with Crippen molar-refractivity contribution in [2.45, 2.75) is 31.8 Å². The molecule has 8 heteroatoms. The number of nitrogens with zero attached hydrogens (tertiary/aromatic N) is 1. The van der Waals surface area contributed by atoms with Crippen LogP contribution < -0.4 is 9.46 Å². The van der Waals surface area contributed by atoms with Crippen molar-refractivity contribution >= 4 is 21.4 Å². The number of sulfonamides is 1. The van der Waals surface area contributed by atoms with Crippen molar-refractivity contribution in [1.82, 2.24) is 0 Å². The van der Waals surface area contributed by atoms with E-state index in [2.05, 4.69) is 4.72 Å².